The molecule has 4 amide bonds. The third-order valence-electron chi connectivity index (χ3n) is 4.80. The molecule has 0 aliphatic carbocycles. The summed E-state index contributed by atoms with van der Waals surface area (Å²) in [5.74, 6) is -1.85. The maximum absolute atomic E-state index is 13.0. The molecule has 1 fully saturated rings. The standard InChI is InChI=1S/C22H25N3O6/c1-4-11-31-18(5-2)21(29)23-12-14-7-6-8-15(16(14)13-26)22(30)25(3)17-9-10-19(27)24-20(17)28/h4-8,11,13,17H,9-10,12H2,1-3H3,(H,23,29)(H,24,27,28)/b11-4+,18-5-. The van der Waals surface area contributed by atoms with E-state index in [1.165, 1.54) is 30.4 Å². The number of carbonyl (C=O) groups is 5. The molecule has 0 spiro atoms. The van der Waals surface area contributed by atoms with E-state index in [0.29, 0.717) is 11.8 Å². The van der Waals surface area contributed by atoms with Gasteiger partial charge >= 0.3 is 0 Å². The fourth-order valence-corrected chi connectivity index (χ4v) is 3.13. The van der Waals surface area contributed by atoms with E-state index in [2.05, 4.69) is 10.6 Å². The van der Waals surface area contributed by atoms with E-state index in [9.17, 15) is 24.0 Å². The molecule has 2 N–H and O–H groups in total. The summed E-state index contributed by atoms with van der Waals surface area (Å²) >= 11 is 0. The Labute approximate surface area is 180 Å². The lowest BCUT2D eigenvalue weighted by Crippen LogP contribution is -2.53. The van der Waals surface area contributed by atoms with Crippen LogP contribution in [0.15, 0.2) is 42.4 Å². The number of imide groups is 1. The van der Waals surface area contributed by atoms with E-state index in [1.54, 1.807) is 32.1 Å². The molecule has 2 rings (SSSR count). The first-order valence-electron chi connectivity index (χ1n) is 9.74. The second-order valence-electron chi connectivity index (χ2n) is 6.80. The molecule has 1 aliphatic heterocycles. The van der Waals surface area contributed by atoms with Crippen molar-refractivity contribution in [2.24, 2.45) is 0 Å². The van der Waals surface area contributed by atoms with E-state index >= 15 is 0 Å². The average Bonchev–Trinajstić information content (AvgIpc) is 2.76. The van der Waals surface area contributed by atoms with Crippen molar-refractivity contribution in [2.45, 2.75) is 39.3 Å². The Balaban J connectivity index is 2.19. The van der Waals surface area contributed by atoms with Crippen LogP contribution in [0.4, 0.5) is 0 Å². The number of aldehydes is 1. The normalized spacial score (nSPS) is 16.6. The molecule has 9 nitrogen and oxygen atoms in total. The summed E-state index contributed by atoms with van der Waals surface area (Å²) in [4.78, 5) is 61.7. The van der Waals surface area contributed by atoms with Crippen molar-refractivity contribution in [3.8, 4) is 0 Å². The van der Waals surface area contributed by atoms with Gasteiger partial charge < -0.3 is 15.0 Å². The van der Waals surface area contributed by atoms with Crippen molar-refractivity contribution in [1.29, 1.82) is 0 Å². The summed E-state index contributed by atoms with van der Waals surface area (Å²) < 4.78 is 5.20. The number of hydrogen-bond donors (Lipinski definition) is 2. The lowest BCUT2D eigenvalue weighted by molar-refractivity contribution is -0.136. The van der Waals surface area contributed by atoms with Crippen LogP contribution in [-0.4, -0.2) is 47.9 Å². The van der Waals surface area contributed by atoms with E-state index < -0.39 is 23.8 Å². The molecule has 0 saturated carbocycles. The highest BCUT2D eigenvalue weighted by Gasteiger charge is 2.33. The summed E-state index contributed by atoms with van der Waals surface area (Å²) in [5, 5.41) is 4.86. The van der Waals surface area contributed by atoms with E-state index in [-0.39, 0.29) is 42.2 Å². The Kier molecular flexibility index (Phi) is 8.25. The summed E-state index contributed by atoms with van der Waals surface area (Å²) in [6.07, 6.45) is 5.39. The van der Waals surface area contributed by atoms with Crippen LogP contribution >= 0.6 is 0 Å². The molecule has 1 atom stereocenters. The van der Waals surface area contributed by atoms with Crippen LogP contribution in [0.1, 0.15) is 53.0 Å². The molecule has 1 heterocycles. The van der Waals surface area contributed by atoms with Gasteiger partial charge in [0, 0.05) is 25.6 Å². The minimum atomic E-state index is -0.811. The first-order chi connectivity index (χ1) is 14.8. The van der Waals surface area contributed by atoms with Crippen molar-refractivity contribution in [2.75, 3.05) is 7.05 Å². The monoisotopic (exact) mass is 427 g/mol. The topological polar surface area (TPSA) is 122 Å². The Morgan fingerprint density at radius 2 is 2.03 bits per heavy atom. The summed E-state index contributed by atoms with van der Waals surface area (Å²) in [6, 6.07) is 3.88. The number of rotatable bonds is 8. The number of benzene rings is 1. The smallest absolute Gasteiger partial charge is 0.286 e. The Morgan fingerprint density at radius 1 is 1.29 bits per heavy atom. The number of hydrogen-bond acceptors (Lipinski definition) is 6. The zero-order chi connectivity index (χ0) is 23.0. The predicted octanol–water partition coefficient (Wildman–Crippen LogP) is 1.45. The van der Waals surface area contributed by atoms with Gasteiger partial charge in [-0.1, -0.05) is 18.2 Å². The molecule has 1 saturated heterocycles. The van der Waals surface area contributed by atoms with Crippen molar-refractivity contribution in [3.63, 3.8) is 0 Å². The lowest BCUT2D eigenvalue weighted by Gasteiger charge is -2.30. The van der Waals surface area contributed by atoms with E-state index in [4.69, 9.17) is 4.74 Å². The van der Waals surface area contributed by atoms with Gasteiger partial charge in [-0.3, -0.25) is 29.3 Å². The number of allylic oxidation sites excluding steroid dienone is 2. The number of nitrogens with one attached hydrogen (secondary N) is 2. The number of piperidine rings is 1. The van der Waals surface area contributed by atoms with Gasteiger partial charge in [-0.25, -0.2) is 0 Å². The van der Waals surface area contributed by atoms with Gasteiger partial charge in [0.05, 0.1) is 11.8 Å². The van der Waals surface area contributed by atoms with Crippen LogP contribution in [0.2, 0.25) is 0 Å². The van der Waals surface area contributed by atoms with Gasteiger partial charge in [0.1, 0.15) is 6.04 Å². The molecule has 31 heavy (non-hydrogen) atoms. The SMILES string of the molecule is C/C=C(\O/C=C/C)C(=O)NCc1cccc(C(=O)N(C)C2CCC(=O)NC2=O)c1C=O. The Bertz CT molecular complexity index is 951. The molecule has 1 aromatic rings. The number of amides is 4. The molecule has 1 unspecified atom stereocenters. The van der Waals surface area contributed by atoms with E-state index in [1.807, 2.05) is 0 Å². The van der Waals surface area contributed by atoms with Crippen LogP contribution in [0, 0.1) is 0 Å². The molecule has 1 aromatic carbocycles. The highest BCUT2D eigenvalue weighted by atomic mass is 16.5. The Hall–Kier alpha value is -3.75. The largest absolute Gasteiger partial charge is 0.460 e. The van der Waals surface area contributed by atoms with Crippen molar-refractivity contribution in [3.05, 3.63) is 59.1 Å². The quantitative estimate of drug-likeness (QED) is 0.280. The van der Waals surface area contributed by atoms with Crippen molar-refractivity contribution < 1.29 is 28.7 Å². The maximum Gasteiger partial charge on any atom is 0.286 e. The summed E-state index contributed by atoms with van der Waals surface area (Å²) in [6.45, 7) is 3.39. The van der Waals surface area contributed by atoms with Crippen LogP contribution in [0.5, 0.6) is 0 Å². The fourth-order valence-electron chi connectivity index (χ4n) is 3.13. The van der Waals surface area contributed by atoms with Gasteiger partial charge in [-0.15, -0.1) is 0 Å². The highest BCUT2D eigenvalue weighted by Crippen LogP contribution is 2.19. The third-order valence-corrected chi connectivity index (χ3v) is 4.80. The minimum Gasteiger partial charge on any atom is -0.460 e. The molecule has 164 valence electrons. The predicted molar refractivity (Wildman–Crippen MR) is 112 cm³/mol. The first kappa shape index (κ1) is 23.5. The van der Waals surface area contributed by atoms with Crippen LogP contribution in [-0.2, 0) is 25.7 Å². The molecular weight excluding hydrogens is 402 g/mol. The molecule has 9 heteroatoms. The first-order valence-corrected chi connectivity index (χ1v) is 9.74. The van der Waals surface area contributed by atoms with Gasteiger partial charge in [-0.2, -0.15) is 0 Å². The van der Waals surface area contributed by atoms with Gasteiger partial charge in [0.15, 0.2) is 12.0 Å². The average molecular weight is 427 g/mol. The number of nitrogens with zero attached hydrogens (tertiary/aromatic N) is 1. The van der Waals surface area contributed by atoms with Gasteiger partial charge in [0.25, 0.3) is 11.8 Å². The molecule has 0 radical (unpaired) electrons. The lowest BCUT2D eigenvalue weighted by atomic mass is 9.99. The zero-order valence-electron chi connectivity index (χ0n) is 17.6. The highest BCUT2D eigenvalue weighted by molar-refractivity contribution is 6.06. The van der Waals surface area contributed by atoms with Crippen LogP contribution < -0.4 is 10.6 Å². The second kappa shape index (κ2) is 10.9. The fraction of sp³-hybridized carbons (Fsp3) is 0.318. The van der Waals surface area contributed by atoms with Crippen molar-refractivity contribution in [1.82, 2.24) is 15.5 Å². The molecule has 0 bridgehead atoms. The molecule has 1 aliphatic rings. The van der Waals surface area contributed by atoms with Gasteiger partial charge in [0.2, 0.25) is 11.8 Å². The summed E-state index contributed by atoms with van der Waals surface area (Å²) in [5.41, 5.74) is 0.654. The van der Waals surface area contributed by atoms with Crippen molar-refractivity contribution >= 4 is 29.9 Å². The third kappa shape index (κ3) is 5.65. The number of ether oxygens (including phenoxy) is 1. The maximum atomic E-state index is 13.0. The molecular formula is C22H25N3O6. The number of carbonyl (C=O) groups excluding carboxylic acids is 5. The van der Waals surface area contributed by atoms with Gasteiger partial charge in [-0.05, 0) is 38.0 Å². The Morgan fingerprint density at radius 3 is 2.65 bits per heavy atom. The minimum absolute atomic E-state index is 0.00725. The zero-order valence-corrected chi connectivity index (χ0v) is 17.6. The summed E-state index contributed by atoms with van der Waals surface area (Å²) in [7, 11) is 1.45. The second-order valence-corrected chi connectivity index (χ2v) is 6.80. The van der Waals surface area contributed by atoms with Crippen LogP contribution in [0.25, 0.3) is 0 Å². The van der Waals surface area contributed by atoms with E-state index in [0.717, 1.165) is 0 Å². The molecule has 0 aromatic heterocycles. The number of likely N-dealkylation sites (N-methyl/N-ethyl adjacent to an activating group) is 1. The van der Waals surface area contributed by atoms with Crippen LogP contribution in [0.3, 0.4) is 0 Å².